The van der Waals surface area contributed by atoms with Crippen molar-refractivity contribution < 1.29 is 9.58 Å². The SMILES string of the molecule is C#CCCCCC#Cc1ccccc1C(=O)C=[N+]=N. The van der Waals surface area contributed by atoms with Crippen LogP contribution in [0.1, 0.15) is 41.6 Å². The summed E-state index contributed by atoms with van der Waals surface area (Å²) in [5.74, 6) is 8.31. The van der Waals surface area contributed by atoms with Crippen LogP contribution in [-0.2, 0) is 0 Å². The molecule has 0 saturated heterocycles. The standard InChI is InChI=1S/C16H15N2O/c1-2-3-4-5-6-7-10-14-11-8-9-12-15(14)16(19)13-18-17/h1,8-9,11-13,17H,3-6H2/q+1. The summed E-state index contributed by atoms with van der Waals surface area (Å²) in [4.78, 5) is 14.7. The van der Waals surface area contributed by atoms with Crippen LogP contribution in [0.2, 0.25) is 0 Å². The van der Waals surface area contributed by atoms with Crippen molar-refractivity contribution in [1.29, 1.82) is 5.53 Å². The molecule has 1 rings (SSSR count). The lowest BCUT2D eigenvalue weighted by Gasteiger charge is -1.96. The molecule has 3 nitrogen and oxygen atoms in total. The number of hydrogen-bond acceptors (Lipinski definition) is 2. The molecular formula is C16H15N2O+. The molecule has 0 aliphatic carbocycles. The van der Waals surface area contributed by atoms with Gasteiger partial charge in [-0.15, -0.1) is 12.3 Å². The van der Waals surface area contributed by atoms with Gasteiger partial charge in [-0.2, -0.15) is 0 Å². The normalized spacial score (nSPS) is 8.58. The first kappa shape index (κ1) is 14.5. The zero-order chi connectivity index (χ0) is 13.9. The molecule has 1 N–H and O–H groups in total. The van der Waals surface area contributed by atoms with E-state index < -0.39 is 0 Å². The van der Waals surface area contributed by atoms with E-state index >= 15 is 0 Å². The predicted octanol–water partition coefficient (Wildman–Crippen LogP) is 2.72. The molecule has 0 spiro atoms. The fourth-order valence-corrected chi connectivity index (χ4v) is 1.53. The Morgan fingerprint density at radius 3 is 2.79 bits per heavy atom. The van der Waals surface area contributed by atoms with Gasteiger partial charge in [0.05, 0.1) is 10.3 Å². The highest BCUT2D eigenvalue weighted by Crippen LogP contribution is 2.07. The Morgan fingerprint density at radius 2 is 2.05 bits per heavy atom. The van der Waals surface area contributed by atoms with Crippen molar-refractivity contribution in [3.05, 3.63) is 35.4 Å². The fraction of sp³-hybridized carbons (Fsp3) is 0.250. The van der Waals surface area contributed by atoms with Crippen LogP contribution in [0.3, 0.4) is 0 Å². The molecule has 0 fully saturated rings. The van der Waals surface area contributed by atoms with E-state index in [0.29, 0.717) is 11.1 Å². The van der Waals surface area contributed by atoms with Gasteiger partial charge in [0.25, 0.3) is 5.78 Å². The molecule has 1 aromatic rings. The van der Waals surface area contributed by atoms with Crippen LogP contribution in [0.25, 0.3) is 0 Å². The molecule has 3 heteroatoms. The predicted molar refractivity (Wildman–Crippen MR) is 74.0 cm³/mol. The first-order chi connectivity index (χ1) is 9.29. The molecule has 0 unspecified atom stereocenters. The lowest BCUT2D eigenvalue weighted by molar-refractivity contribution is -0.111. The Labute approximate surface area is 113 Å². The number of hydrogen-bond donors (Lipinski definition) is 1. The molecule has 19 heavy (non-hydrogen) atoms. The molecule has 0 saturated carbocycles. The number of carbonyl (C=O) groups excluding carboxylic acids is 1. The molecule has 0 amide bonds. The minimum absolute atomic E-state index is 0.299. The van der Waals surface area contributed by atoms with Gasteiger partial charge in [0.1, 0.15) is 0 Å². The summed E-state index contributed by atoms with van der Waals surface area (Å²) in [7, 11) is 0. The Balaban J connectivity index is 2.74. The topological polar surface area (TPSA) is 55.0 Å². The monoisotopic (exact) mass is 251 g/mol. The van der Waals surface area contributed by atoms with Crippen molar-refractivity contribution in [2.24, 2.45) is 0 Å². The fourth-order valence-electron chi connectivity index (χ4n) is 1.53. The molecule has 94 valence electrons. The lowest BCUT2D eigenvalue weighted by atomic mass is 10.0. The summed E-state index contributed by atoms with van der Waals surface area (Å²) < 4.78 is 0. The summed E-state index contributed by atoms with van der Waals surface area (Å²) in [6.07, 6.45) is 9.61. The van der Waals surface area contributed by atoms with Gasteiger partial charge >= 0.3 is 6.21 Å². The summed E-state index contributed by atoms with van der Waals surface area (Å²) >= 11 is 0. The van der Waals surface area contributed by atoms with Crippen molar-refractivity contribution in [3.8, 4) is 24.2 Å². The molecular weight excluding hydrogens is 236 g/mol. The van der Waals surface area contributed by atoms with Gasteiger partial charge in [-0.05, 0) is 25.0 Å². The molecule has 0 aliphatic rings. The Kier molecular flexibility index (Phi) is 6.45. The number of terminal acetylenes is 1. The molecule has 0 bridgehead atoms. The maximum Gasteiger partial charge on any atom is 0.377 e. The maximum absolute atomic E-state index is 11.7. The minimum Gasteiger partial charge on any atom is -0.281 e. The quantitative estimate of drug-likeness (QED) is 0.215. The number of benzene rings is 1. The van der Waals surface area contributed by atoms with Gasteiger partial charge in [-0.3, -0.25) is 4.79 Å². The number of rotatable bonds is 5. The van der Waals surface area contributed by atoms with Gasteiger partial charge in [0.15, 0.2) is 0 Å². The highest BCUT2D eigenvalue weighted by Gasteiger charge is 2.11. The molecule has 1 aromatic carbocycles. The van der Waals surface area contributed by atoms with E-state index in [1.165, 1.54) is 0 Å². The third kappa shape index (κ3) is 5.04. The van der Waals surface area contributed by atoms with E-state index in [9.17, 15) is 4.79 Å². The molecule has 0 atom stereocenters. The van der Waals surface area contributed by atoms with Gasteiger partial charge in [0.2, 0.25) is 0 Å². The summed E-state index contributed by atoms with van der Waals surface area (Å²) in [6.45, 7) is 0. The second-order valence-electron chi connectivity index (χ2n) is 3.88. The highest BCUT2D eigenvalue weighted by atomic mass is 16.1. The van der Waals surface area contributed by atoms with Crippen molar-refractivity contribution in [3.63, 3.8) is 0 Å². The van der Waals surface area contributed by atoms with Gasteiger partial charge in [-0.1, -0.05) is 24.0 Å². The second-order valence-corrected chi connectivity index (χ2v) is 3.88. The molecule has 0 aliphatic heterocycles. The van der Waals surface area contributed by atoms with Crippen LogP contribution in [0.5, 0.6) is 0 Å². The Hall–Kier alpha value is -2.61. The zero-order valence-electron chi connectivity index (χ0n) is 10.6. The van der Waals surface area contributed by atoms with Crippen LogP contribution in [0.4, 0.5) is 0 Å². The number of Topliss-reactive ketones (excluding diaryl/α,β-unsaturated/α-hetero) is 1. The maximum atomic E-state index is 11.7. The van der Waals surface area contributed by atoms with Crippen LogP contribution >= 0.6 is 0 Å². The highest BCUT2D eigenvalue weighted by molar-refractivity contribution is 6.34. The van der Waals surface area contributed by atoms with Gasteiger partial charge in [0, 0.05) is 24.0 Å². The van der Waals surface area contributed by atoms with Crippen LogP contribution in [-0.4, -0.2) is 16.8 Å². The van der Waals surface area contributed by atoms with E-state index in [1.54, 1.807) is 18.2 Å². The first-order valence-corrected chi connectivity index (χ1v) is 6.05. The first-order valence-electron chi connectivity index (χ1n) is 6.05. The van der Waals surface area contributed by atoms with Gasteiger partial charge in [-0.25, -0.2) is 0 Å². The molecule has 0 heterocycles. The smallest absolute Gasteiger partial charge is 0.281 e. The third-order valence-corrected chi connectivity index (χ3v) is 2.47. The van der Waals surface area contributed by atoms with E-state index in [0.717, 1.165) is 31.9 Å². The van der Waals surface area contributed by atoms with Crippen molar-refractivity contribution in [1.82, 2.24) is 0 Å². The van der Waals surface area contributed by atoms with E-state index in [4.69, 9.17) is 12.0 Å². The molecule has 0 radical (unpaired) electrons. The minimum atomic E-state index is -0.299. The van der Waals surface area contributed by atoms with E-state index in [-0.39, 0.29) is 5.78 Å². The summed E-state index contributed by atoms with van der Waals surface area (Å²) in [5, 5.41) is 0. The van der Waals surface area contributed by atoms with Crippen molar-refractivity contribution >= 4 is 12.0 Å². The van der Waals surface area contributed by atoms with Crippen LogP contribution < -0.4 is 0 Å². The number of unbranched alkanes of at least 4 members (excludes halogenated alkanes) is 3. The van der Waals surface area contributed by atoms with E-state index in [2.05, 4.69) is 22.6 Å². The number of nitrogens with zero attached hydrogens (tertiary/aromatic N) is 1. The van der Waals surface area contributed by atoms with Gasteiger partial charge < -0.3 is 0 Å². The second kappa shape index (κ2) is 8.48. The molecule has 0 aromatic heterocycles. The Bertz CT molecular complexity index is 593. The average molecular weight is 251 g/mol. The average Bonchev–Trinajstić information content (AvgIpc) is 2.43. The number of carbonyl (C=O) groups is 1. The van der Waals surface area contributed by atoms with E-state index in [1.807, 2.05) is 6.07 Å². The van der Waals surface area contributed by atoms with Crippen molar-refractivity contribution in [2.45, 2.75) is 25.7 Å². The van der Waals surface area contributed by atoms with Crippen LogP contribution in [0, 0.1) is 29.7 Å². The summed E-state index contributed by atoms with van der Waals surface area (Å²) in [5.41, 5.74) is 7.83. The zero-order valence-corrected chi connectivity index (χ0v) is 10.6. The lowest BCUT2D eigenvalue weighted by Crippen LogP contribution is -2.03. The largest absolute Gasteiger partial charge is 0.377 e. The number of ketones is 1. The Morgan fingerprint density at radius 1 is 1.32 bits per heavy atom. The third-order valence-electron chi connectivity index (χ3n) is 2.47. The number of nitrogens with one attached hydrogen (secondary N) is 1. The van der Waals surface area contributed by atoms with Crippen LogP contribution in [0.15, 0.2) is 24.3 Å². The summed E-state index contributed by atoms with van der Waals surface area (Å²) in [6, 6.07) is 7.08. The van der Waals surface area contributed by atoms with Crippen molar-refractivity contribution in [2.75, 3.05) is 0 Å².